The van der Waals surface area contributed by atoms with Crippen LogP contribution in [0.4, 0.5) is 4.79 Å². The Kier molecular flexibility index (Phi) is 11.7. The maximum absolute atomic E-state index is 13.3. The molecule has 47 heavy (non-hydrogen) atoms. The Morgan fingerprint density at radius 2 is 1.72 bits per heavy atom. The molecule has 3 atom stereocenters. The zero-order chi connectivity index (χ0) is 34.1. The number of halogens is 1. The summed E-state index contributed by atoms with van der Waals surface area (Å²) in [6, 6.07) is 17.7. The highest BCUT2D eigenvalue weighted by molar-refractivity contribution is 6.30. The lowest BCUT2D eigenvalue weighted by atomic mass is 9.97. The number of nitrogens with zero attached hydrogens (tertiary/aromatic N) is 3. The van der Waals surface area contributed by atoms with Crippen LogP contribution in [-0.2, 0) is 25.5 Å². The van der Waals surface area contributed by atoms with Crippen molar-refractivity contribution < 1.29 is 43.7 Å². The van der Waals surface area contributed by atoms with E-state index in [1.54, 1.807) is 19.9 Å². The topological polar surface area (TPSA) is 191 Å². The fourth-order valence-electron chi connectivity index (χ4n) is 4.66. The Hall–Kier alpha value is -5.21. The molecule has 0 aliphatic heterocycles. The number of methoxy groups -OCH3 is 1. The van der Waals surface area contributed by atoms with Crippen LogP contribution >= 0.6 is 11.6 Å². The van der Waals surface area contributed by atoms with Gasteiger partial charge in [-0.05, 0) is 64.6 Å². The van der Waals surface area contributed by atoms with Gasteiger partial charge in [0.05, 0.1) is 7.11 Å². The lowest BCUT2D eigenvalue weighted by Gasteiger charge is -2.21. The quantitative estimate of drug-likeness (QED) is 0.114. The largest absolute Gasteiger partial charge is 0.479 e. The number of alkyl carbamates (subject to hydrolysis) is 1. The van der Waals surface area contributed by atoms with Crippen molar-refractivity contribution in [3.63, 3.8) is 0 Å². The molecule has 0 aliphatic carbocycles. The summed E-state index contributed by atoms with van der Waals surface area (Å²) in [6.07, 6.45) is -2.49. The summed E-state index contributed by atoms with van der Waals surface area (Å²) < 4.78 is 9.68. The van der Waals surface area contributed by atoms with Gasteiger partial charge in [0, 0.05) is 23.0 Å². The highest BCUT2D eigenvalue weighted by Crippen LogP contribution is 2.24. The van der Waals surface area contributed by atoms with Crippen molar-refractivity contribution in [2.45, 2.75) is 44.9 Å². The van der Waals surface area contributed by atoms with Crippen LogP contribution in [-0.4, -0.2) is 81.4 Å². The van der Waals surface area contributed by atoms with Gasteiger partial charge >= 0.3 is 18.0 Å². The minimum atomic E-state index is -1.70. The average molecular weight is 668 g/mol. The van der Waals surface area contributed by atoms with Gasteiger partial charge in [0.2, 0.25) is 0 Å². The van der Waals surface area contributed by atoms with Crippen molar-refractivity contribution in [2.24, 2.45) is 5.92 Å². The summed E-state index contributed by atoms with van der Waals surface area (Å²) in [5.41, 5.74) is 3.49. The molecule has 1 aromatic heterocycles. The first-order chi connectivity index (χ1) is 22.4. The average Bonchev–Trinajstić information content (AvgIpc) is 3.45. The molecule has 15 heteroatoms. The maximum atomic E-state index is 13.3. The summed E-state index contributed by atoms with van der Waals surface area (Å²) in [5.74, 6) is -3.01. The van der Waals surface area contributed by atoms with Crippen molar-refractivity contribution in [1.29, 1.82) is 0 Å². The number of carboxylic acid groups (broad SMARTS) is 1. The molecule has 0 radical (unpaired) electrons. The Bertz CT molecular complexity index is 1730. The van der Waals surface area contributed by atoms with Crippen LogP contribution in [0.25, 0.3) is 22.2 Å². The van der Waals surface area contributed by atoms with Gasteiger partial charge in [-0.1, -0.05) is 66.7 Å². The number of rotatable bonds is 14. The molecule has 0 saturated carbocycles. The van der Waals surface area contributed by atoms with E-state index >= 15 is 0 Å². The number of carbonyl (C=O) groups excluding carboxylic acids is 3. The standard InChI is InChI=1S/C32H34ClN5O9/c1-18(2)28(35-32(44)45-3)31(43)46-17-47-38-26-15-22(11-12-25(26)36-37-38)29(40)34-24(16-27(39)30(41)42)13-19-7-9-20(10-8-19)21-5-4-6-23(33)14-21/h4-12,14-15,18,24,27-28,39H,13,16-17H2,1-3H3,(H,34,40)(H,35,44)(H,41,42). The first-order valence-electron chi connectivity index (χ1n) is 14.5. The monoisotopic (exact) mass is 667 g/mol. The first-order valence-corrected chi connectivity index (χ1v) is 14.9. The highest BCUT2D eigenvalue weighted by Gasteiger charge is 2.27. The molecule has 3 aromatic carbocycles. The van der Waals surface area contributed by atoms with Crippen LogP contribution in [0.3, 0.4) is 0 Å². The summed E-state index contributed by atoms with van der Waals surface area (Å²) >= 11 is 6.11. The van der Waals surface area contributed by atoms with Gasteiger partial charge in [-0.2, -0.15) is 0 Å². The molecule has 0 spiro atoms. The van der Waals surface area contributed by atoms with Gasteiger partial charge in [-0.25, -0.2) is 14.4 Å². The number of aliphatic hydroxyl groups excluding tert-OH is 1. The third kappa shape index (κ3) is 9.40. The van der Waals surface area contributed by atoms with Crippen molar-refractivity contribution in [2.75, 3.05) is 13.9 Å². The number of hydrogen-bond acceptors (Lipinski definition) is 10. The smallest absolute Gasteiger partial charge is 0.407 e. The second kappa shape index (κ2) is 15.9. The van der Waals surface area contributed by atoms with Gasteiger partial charge in [0.1, 0.15) is 17.1 Å². The van der Waals surface area contributed by atoms with Crippen molar-refractivity contribution in [1.82, 2.24) is 25.8 Å². The third-order valence-corrected chi connectivity index (χ3v) is 7.39. The molecular formula is C32H34ClN5O9. The van der Waals surface area contributed by atoms with Crippen LogP contribution in [0.15, 0.2) is 66.7 Å². The van der Waals surface area contributed by atoms with Gasteiger partial charge in [-0.3, -0.25) is 4.79 Å². The SMILES string of the molecule is COC(=O)NC(C(=O)OCOn1nnc2ccc(C(=O)NC(Cc3ccc(-c4cccc(Cl)c4)cc3)CC(O)C(=O)O)cc21)C(C)C. The molecule has 1 heterocycles. The van der Waals surface area contributed by atoms with Crippen LogP contribution in [0.2, 0.25) is 5.02 Å². The molecule has 2 amide bonds. The number of nitrogens with one attached hydrogen (secondary N) is 2. The summed E-state index contributed by atoms with van der Waals surface area (Å²) in [6.45, 7) is 2.85. The minimum Gasteiger partial charge on any atom is -0.479 e. The number of aliphatic carboxylic acids is 1. The molecule has 14 nitrogen and oxygen atoms in total. The van der Waals surface area contributed by atoms with Crippen LogP contribution in [0.5, 0.6) is 0 Å². The summed E-state index contributed by atoms with van der Waals surface area (Å²) in [7, 11) is 1.17. The van der Waals surface area contributed by atoms with Crippen LogP contribution in [0, 0.1) is 5.92 Å². The highest BCUT2D eigenvalue weighted by atomic mass is 35.5. The number of aromatic nitrogens is 3. The summed E-state index contributed by atoms with van der Waals surface area (Å²) in [4.78, 5) is 55.2. The Balaban J connectivity index is 1.45. The van der Waals surface area contributed by atoms with Gasteiger partial charge < -0.3 is 35.2 Å². The number of ether oxygens (including phenoxy) is 2. The zero-order valence-corrected chi connectivity index (χ0v) is 26.5. The van der Waals surface area contributed by atoms with Crippen molar-refractivity contribution in [3.8, 4) is 11.1 Å². The predicted octanol–water partition coefficient (Wildman–Crippen LogP) is 3.24. The molecule has 0 saturated heterocycles. The Labute approximate surface area is 274 Å². The van der Waals surface area contributed by atoms with E-state index in [0.717, 1.165) is 21.5 Å². The zero-order valence-electron chi connectivity index (χ0n) is 25.8. The normalized spacial score (nSPS) is 13.0. The molecule has 0 fully saturated rings. The lowest BCUT2D eigenvalue weighted by molar-refractivity contribution is -0.161. The van der Waals surface area contributed by atoms with E-state index in [1.165, 1.54) is 25.3 Å². The Morgan fingerprint density at radius 1 is 0.979 bits per heavy atom. The number of aliphatic hydroxyl groups is 1. The second-order valence-corrected chi connectivity index (χ2v) is 11.3. The summed E-state index contributed by atoms with van der Waals surface area (Å²) in [5, 5.41) is 33.1. The molecule has 4 aromatic rings. The van der Waals surface area contributed by atoms with E-state index < -0.39 is 48.9 Å². The molecule has 248 valence electrons. The van der Waals surface area contributed by atoms with E-state index in [-0.39, 0.29) is 29.8 Å². The Morgan fingerprint density at radius 3 is 2.38 bits per heavy atom. The van der Waals surface area contributed by atoms with Crippen LogP contribution in [0.1, 0.15) is 36.2 Å². The molecule has 0 bridgehead atoms. The van der Waals surface area contributed by atoms with E-state index in [0.29, 0.717) is 10.5 Å². The fraction of sp³-hybridized carbons (Fsp3) is 0.312. The molecule has 3 unspecified atom stereocenters. The van der Waals surface area contributed by atoms with Crippen LogP contribution < -0.4 is 15.5 Å². The number of esters is 1. The van der Waals surface area contributed by atoms with E-state index in [1.807, 2.05) is 42.5 Å². The number of fused-ring (bicyclic) bond motifs is 1. The number of carboxylic acids is 1. The van der Waals surface area contributed by atoms with Crippen molar-refractivity contribution >= 4 is 46.6 Å². The lowest BCUT2D eigenvalue weighted by Crippen LogP contribution is -2.45. The maximum Gasteiger partial charge on any atom is 0.407 e. The molecule has 4 N–H and O–H groups in total. The number of benzene rings is 3. The third-order valence-electron chi connectivity index (χ3n) is 7.15. The van der Waals surface area contributed by atoms with Gasteiger partial charge in [0.15, 0.2) is 6.10 Å². The van der Waals surface area contributed by atoms with Gasteiger partial charge in [-0.15, -0.1) is 5.10 Å². The van der Waals surface area contributed by atoms with Crippen molar-refractivity contribution in [3.05, 3.63) is 82.9 Å². The second-order valence-electron chi connectivity index (χ2n) is 10.9. The minimum absolute atomic E-state index is 0.176. The molecular weight excluding hydrogens is 634 g/mol. The number of amides is 2. The predicted molar refractivity (Wildman–Crippen MR) is 169 cm³/mol. The molecule has 4 rings (SSSR count). The molecule has 0 aliphatic rings. The van der Waals surface area contributed by atoms with Gasteiger partial charge in [0.25, 0.3) is 12.7 Å². The van der Waals surface area contributed by atoms with E-state index in [9.17, 15) is 29.4 Å². The first kappa shape index (κ1) is 34.7. The van der Waals surface area contributed by atoms with E-state index in [4.69, 9.17) is 21.2 Å². The number of hydrogen-bond donors (Lipinski definition) is 4. The fourth-order valence-corrected chi connectivity index (χ4v) is 4.85. The number of carbonyl (C=O) groups is 4. The van der Waals surface area contributed by atoms with E-state index in [2.05, 4.69) is 25.7 Å².